The zero-order valence-corrected chi connectivity index (χ0v) is 11.3. The molecule has 1 heterocycles. The maximum absolute atomic E-state index is 11.7. The van der Waals surface area contributed by atoms with E-state index in [0.717, 1.165) is 5.56 Å². The van der Waals surface area contributed by atoms with Crippen molar-refractivity contribution >= 4 is 21.4 Å². The Labute approximate surface area is 111 Å². The molecule has 8 heteroatoms. The van der Waals surface area contributed by atoms with Crippen LogP contribution in [0.15, 0.2) is 18.2 Å². The molecule has 1 aliphatic rings. The SMILES string of the molecule is CNc1cc(CN2CCCS2(=O)=O)ccc1[N+](=O)[O-]. The Hall–Kier alpha value is -1.67. The molecule has 1 saturated heterocycles. The predicted molar refractivity (Wildman–Crippen MR) is 71.5 cm³/mol. The molecule has 1 aliphatic heterocycles. The molecular formula is C11H15N3O4S. The van der Waals surface area contributed by atoms with Crippen molar-refractivity contribution in [3.8, 4) is 0 Å². The van der Waals surface area contributed by atoms with Gasteiger partial charge >= 0.3 is 0 Å². The second kappa shape index (κ2) is 5.14. The summed E-state index contributed by atoms with van der Waals surface area (Å²) in [5.74, 6) is 0.179. The van der Waals surface area contributed by atoms with Gasteiger partial charge in [-0.25, -0.2) is 8.42 Å². The van der Waals surface area contributed by atoms with Crippen molar-refractivity contribution in [2.75, 3.05) is 24.7 Å². The Bertz CT molecular complexity index is 600. The molecule has 2 rings (SSSR count). The van der Waals surface area contributed by atoms with Gasteiger partial charge in [0.25, 0.3) is 5.69 Å². The highest BCUT2D eigenvalue weighted by atomic mass is 32.2. The Morgan fingerprint density at radius 3 is 2.74 bits per heavy atom. The molecule has 0 amide bonds. The van der Waals surface area contributed by atoms with Crippen LogP contribution in [0, 0.1) is 10.1 Å². The largest absolute Gasteiger partial charge is 0.383 e. The van der Waals surface area contributed by atoms with Crippen LogP contribution in [0.1, 0.15) is 12.0 Å². The summed E-state index contributed by atoms with van der Waals surface area (Å²) < 4.78 is 24.8. The predicted octanol–water partition coefficient (Wildman–Crippen LogP) is 1.17. The quantitative estimate of drug-likeness (QED) is 0.662. The van der Waals surface area contributed by atoms with Gasteiger partial charge in [0.05, 0.1) is 10.7 Å². The number of hydrogen-bond acceptors (Lipinski definition) is 5. The van der Waals surface area contributed by atoms with Crippen LogP contribution >= 0.6 is 0 Å². The molecule has 0 unspecified atom stereocenters. The number of sulfonamides is 1. The average Bonchev–Trinajstić information content (AvgIpc) is 2.68. The van der Waals surface area contributed by atoms with E-state index in [1.807, 2.05) is 0 Å². The second-order valence-electron chi connectivity index (χ2n) is 4.36. The summed E-state index contributed by atoms with van der Waals surface area (Å²) in [5.41, 5.74) is 1.11. The van der Waals surface area contributed by atoms with E-state index in [9.17, 15) is 18.5 Å². The van der Waals surface area contributed by atoms with Crippen LogP contribution in [0.3, 0.4) is 0 Å². The summed E-state index contributed by atoms with van der Waals surface area (Å²) in [5, 5.41) is 13.6. The normalized spacial score (nSPS) is 18.4. The summed E-state index contributed by atoms with van der Waals surface area (Å²) in [6, 6.07) is 4.60. The first kappa shape index (κ1) is 13.8. The van der Waals surface area contributed by atoms with Gasteiger partial charge in [0.2, 0.25) is 10.0 Å². The van der Waals surface area contributed by atoms with Gasteiger partial charge in [0.15, 0.2) is 0 Å². The van der Waals surface area contributed by atoms with E-state index in [4.69, 9.17) is 0 Å². The van der Waals surface area contributed by atoms with E-state index in [1.54, 1.807) is 19.2 Å². The van der Waals surface area contributed by atoms with Crippen LogP contribution in [0.2, 0.25) is 0 Å². The molecule has 7 nitrogen and oxygen atoms in total. The average molecular weight is 285 g/mol. The third-order valence-electron chi connectivity index (χ3n) is 3.09. The number of nitrogens with one attached hydrogen (secondary N) is 1. The molecule has 0 aliphatic carbocycles. The zero-order valence-electron chi connectivity index (χ0n) is 10.5. The van der Waals surface area contributed by atoms with Gasteiger partial charge < -0.3 is 5.32 Å². The lowest BCUT2D eigenvalue weighted by Gasteiger charge is -2.14. The second-order valence-corrected chi connectivity index (χ2v) is 6.45. The minimum atomic E-state index is -3.15. The van der Waals surface area contributed by atoms with Crippen molar-refractivity contribution in [2.45, 2.75) is 13.0 Å². The lowest BCUT2D eigenvalue weighted by Crippen LogP contribution is -2.25. The Balaban J connectivity index is 2.25. The molecule has 0 atom stereocenters. The first-order valence-corrected chi connectivity index (χ1v) is 7.48. The van der Waals surface area contributed by atoms with Gasteiger partial charge in [-0.2, -0.15) is 4.31 Å². The number of nitro benzene ring substituents is 1. The van der Waals surface area contributed by atoms with Crippen LogP contribution in [-0.4, -0.2) is 37.0 Å². The Morgan fingerprint density at radius 1 is 1.47 bits per heavy atom. The summed E-state index contributed by atoms with van der Waals surface area (Å²) in [6.07, 6.45) is 0.633. The van der Waals surface area contributed by atoms with Crippen molar-refractivity contribution in [3.63, 3.8) is 0 Å². The smallest absolute Gasteiger partial charge is 0.292 e. The van der Waals surface area contributed by atoms with Crippen LogP contribution in [0.4, 0.5) is 11.4 Å². The topological polar surface area (TPSA) is 92.6 Å². The lowest BCUT2D eigenvalue weighted by atomic mass is 10.1. The first-order valence-electron chi connectivity index (χ1n) is 5.87. The van der Waals surface area contributed by atoms with E-state index in [2.05, 4.69) is 5.32 Å². The number of hydrogen-bond donors (Lipinski definition) is 1. The summed E-state index contributed by atoms with van der Waals surface area (Å²) >= 11 is 0. The van der Waals surface area contributed by atoms with Gasteiger partial charge in [-0.3, -0.25) is 10.1 Å². The van der Waals surface area contributed by atoms with E-state index in [1.165, 1.54) is 10.4 Å². The number of nitrogens with zero attached hydrogens (tertiary/aromatic N) is 2. The van der Waals surface area contributed by atoms with E-state index in [-0.39, 0.29) is 18.0 Å². The van der Waals surface area contributed by atoms with Crippen molar-refractivity contribution in [1.82, 2.24) is 4.31 Å². The van der Waals surface area contributed by atoms with Crippen LogP contribution in [0.25, 0.3) is 0 Å². The third kappa shape index (κ3) is 2.85. The van der Waals surface area contributed by atoms with E-state index < -0.39 is 14.9 Å². The number of rotatable bonds is 4. The molecule has 0 radical (unpaired) electrons. The van der Waals surface area contributed by atoms with Crippen LogP contribution < -0.4 is 5.32 Å². The Kier molecular flexibility index (Phi) is 3.72. The molecule has 0 bridgehead atoms. The fraction of sp³-hybridized carbons (Fsp3) is 0.455. The van der Waals surface area contributed by atoms with Crippen molar-refractivity contribution in [3.05, 3.63) is 33.9 Å². The van der Waals surface area contributed by atoms with E-state index in [0.29, 0.717) is 18.7 Å². The fourth-order valence-corrected chi connectivity index (χ4v) is 3.62. The molecule has 0 saturated carbocycles. The molecule has 0 aromatic heterocycles. The van der Waals surface area contributed by atoms with E-state index >= 15 is 0 Å². The standard InChI is InChI=1S/C11H15N3O4S/c1-12-10-7-9(3-4-11(10)14(15)16)8-13-5-2-6-19(13,17)18/h3-4,7,12H,2,5-6,8H2,1H3. The highest BCUT2D eigenvalue weighted by Gasteiger charge is 2.28. The van der Waals surface area contributed by atoms with Crippen LogP contribution in [0.5, 0.6) is 0 Å². The minimum absolute atomic E-state index is 0.0180. The summed E-state index contributed by atoms with van der Waals surface area (Å²) in [6.45, 7) is 0.767. The Morgan fingerprint density at radius 2 is 2.21 bits per heavy atom. The monoisotopic (exact) mass is 285 g/mol. The number of nitro groups is 1. The number of benzene rings is 1. The molecular weight excluding hydrogens is 270 g/mol. The van der Waals surface area contributed by atoms with Crippen molar-refractivity contribution in [2.24, 2.45) is 0 Å². The molecule has 19 heavy (non-hydrogen) atoms. The number of anilines is 1. The van der Waals surface area contributed by atoms with Gasteiger partial charge in [-0.05, 0) is 18.1 Å². The highest BCUT2D eigenvalue weighted by Crippen LogP contribution is 2.26. The molecule has 1 fully saturated rings. The van der Waals surface area contributed by atoms with Gasteiger partial charge in [-0.15, -0.1) is 0 Å². The third-order valence-corrected chi connectivity index (χ3v) is 4.99. The van der Waals surface area contributed by atoms with Crippen LogP contribution in [-0.2, 0) is 16.6 Å². The summed E-state index contributed by atoms with van der Waals surface area (Å²) in [4.78, 5) is 10.3. The highest BCUT2D eigenvalue weighted by molar-refractivity contribution is 7.89. The van der Waals surface area contributed by atoms with Gasteiger partial charge in [0, 0.05) is 26.2 Å². The van der Waals surface area contributed by atoms with Gasteiger partial charge in [-0.1, -0.05) is 6.07 Å². The maximum atomic E-state index is 11.7. The molecule has 0 spiro atoms. The molecule has 1 N–H and O–H groups in total. The summed E-state index contributed by atoms with van der Waals surface area (Å²) in [7, 11) is -1.56. The molecule has 1 aromatic carbocycles. The zero-order chi connectivity index (χ0) is 14.0. The minimum Gasteiger partial charge on any atom is -0.383 e. The van der Waals surface area contributed by atoms with Crippen molar-refractivity contribution in [1.29, 1.82) is 0 Å². The van der Waals surface area contributed by atoms with Gasteiger partial charge in [0.1, 0.15) is 5.69 Å². The van der Waals surface area contributed by atoms with Crippen molar-refractivity contribution < 1.29 is 13.3 Å². The first-order chi connectivity index (χ1) is 8.94. The maximum Gasteiger partial charge on any atom is 0.292 e. The lowest BCUT2D eigenvalue weighted by molar-refractivity contribution is -0.384. The fourth-order valence-electron chi connectivity index (χ4n) is 2.11. The molecule has 104 valence electrons. The molecule has 1 aromatic rings.